The van der Waals surface area contributed by atoms with Gasteiger partial charge in [-0.2, -0.15) is 0 Å². The minimum absolute atomic E-state index is 0.253. The van der Waals surface area contributed by atoms with E-state index in [2.05, 4.69) is 84.1 Å². The molecule has 0 unspecified atom stereocenters. The summed E-state index contributed by atoms with van der Waals surface area (Å²) >= 11 is 14.7. The standard InChI is InChI=1S/C18H16Br4O2/c1-4-9-24-17-15(21)13(19)12(14(20)16(17)22)18(2,3)10-5-7-11(23)8-6-10/h4-8,23H,1,9H2,2-3H3. The maximum absolute atomic E-state index is 9.55. The first-order chi connectivity index (χ1) is 11.2. The Morgan fingerprint density at radius 1 is 1.00 bits per heavy atom. The number of rotatable bonds is 5. The lowest BCUT2D eigenvalue weighted by molar-refractivity contribution is 0.357. The van der Waals surface area contributed by atoms with Crippen molar-refractivity contribution >= 4 is 63.7 Å². The van der Waals surface area contributed by atoms with Crippen LogP contribution < -0.4 is 4.74 Å². The van der Waals surface area contributed by atoms with Crippen molar-refractivity contribution < 1.29 is 9.84 Å². The van der Waals surface area contributed by atoms with Crippen LogP contribution in [0, 0.1) is 0 Å². The summed E-state index contributed by atoms with van der Waals surface area (Å²) in [6, 6.07) is 7.26. The molecular formula is C18H16Br4O2. The summed E-state index contributed by atoms with van der Waals surface area (Å²) in [6.07, 6.45) is 1.70. The van der Waals surface area contributed by atoms with Crippen LogP contribution in [0.4, 0.5) is 0 Å². The summed E-state index contributed by atoms with van der Waals surface area (Å²) in [6.45, 7) is 8.36. The van der Waals surface area contributed by atoms with Gasteiger partial charge in [0.1, 0.15) is 18.1 Å². The highest BCUT2D eigenvalue weighted by atomic mass is 79.9. The summed E-state index contributed by atoms with van der Waals surface area (Å²) in [5, 5.41) is 9.55. The predicted octanol–water partition coefficient (Wildman–Crippen LogP) is 7.33. The lowest BCUT2D eigenvalue weighted by atomic mass is 9.78. The molecule has 1 N–H and O–H groups in total. The van der Waals surface area contributed by atoms with Crippen molar-refractivity contribution in [3.05, 3.63) is 65.9 Å². The van der Waals surface area contributed by atoms with Crippen molar-refractivity contribution in [1.29, 1.82) is 0 Å². The zero-order valence-electron chi connectivity index (χ0n) is 13.2. The van der Waals surface area contributed by atoms with Crippen LogP contribution in [0.15, 0.2) is 54.8 Å². The normalized spacial score (nSPS) is 11.4. The third-order valence-electron chi connectivity index (χ3n) is 3.78. The molecule has 6 heteroatoms. The van der Waals surface area contributed by atoms with Crippen molar-refractivity contribution in [2.75, 3.05) is 6.61 Å². The van der Waals surface area contributed by atoms with Gasteiger partial charge in [-0.25, -0.2) is 0 Å². The third-order valence-corrected chi connectivity index (χ3v) is 7.95. The molecule has 2 aromatic rings. The fraction of sp³-hybridized carbons (Fsp3) is 0.222. The number of hydrogen-bond acceptors (Lipinski definition) is 2. The number of aromatic hydroxyl groups is 1. The molecule has 0 saturated carbocycles. The van der Waals surface area contributed by atoms with E-state index >= 15 is 0 Å². The van der Waals surface area contributed by atoms with Crippen LogP contribution in [-0.4, -0.2) is 11.7 Å². The summed E-state index contributed by atoms with van der Waals surface area (Å²) in [5.74, 6) is 0.960. The van der Waals surface area contributed by atoms with Crippen LogP contribution in [-0.2, 0) is 5.41 Å². The van der Waals surface area contributed by atoms with Crippen LogP contribution in [0.3, 0.4) is 0 Å². The average Bonchev–Trinajstić information content (AvgIpc) is 2.53. The first kappa shape index (κ1) is 20.0. The van der Waals surface area contributed by atoms with Gasteiger partial charge in [0.05, 0.1) is 8.95 Å². The van der Waals surface area contributed by atoms with E-state index in [1.807, 2.05) is 12.1 Å². The van der Waals surface area contributed by atoms with Gasteiger partial charge in [-0.1, -0.05) is 38.6 Å². The molecule has 0 atom stereocenters. The maximum atomic E-state index is 9.55. The largest absolute Gasteiger partial charge is 0.508 e. The Kier molecular flexibility index (Phi) is 6.62. The summed E-state index contributed by atoms with van der Waals surface area (Å²) in [5.41, 5.74) is 1.84. The molecule has 128 valence electrons. The Morgan fingerprint density at radius 3 is 1.96 bits per heavy atom. The van der Waals surface area contributed by atoms with Gasteiger partial charge in [-0.3, -0.25) is 0 Å². The molecule has 24 heavy (non-hydrogen) atoms. The molecule has 0 aliphatic rings. The number of phenolic OH excluding ortho intramolecular Hbond substituents is 1. The minimum atomic E-state index is -0.312. The Morgan fingerprint density at radius 2 is 1.50 bits per heavy atom. The quantitative estimate of drug-likeness (QED) is 0.295. The van der Waals surface area contributed by atoms with E-state index in [0.29, 0.717) is 12.4 Å². The zero-order valence-corrected chi connectivity index (χ0v) is 19.5. The van der Waals surface area contributed by atoms with Gasteiger partial charge in [-0.05, 0) is 87.0 Å². The molecule has 0 aromatic heterocycles. The smallest absolute Gasteiger partial charge is 0.150 e. The molecule has 0 amide bonds. The van der Waals surface area contributed by atoms with E-state index in [1.54, 1.807) is 18.2 Å². The molecule has 0 saturated heterocycles. The molecule has 0 radical (unpaired) electrons. The van der Waals surface area contributed by atoms with E-state index in [-0.39, 0.29) is 11.2 Å². The van der Waals surface area contributed by atoms with Crippen LogP contribution in [0.25, 0.3) is 0 Å². The highest BCUT2D eigenvalue weighted by Crippen LogP contribution is 2.51. The molecule has 2 nitrogen and oxygen atoms in total. The van der Waals surface area contributed by atoms with Gasteiger partial charge in [0.25, 0.3) is 0 Å². The highest BCUT2D eigenvalue weighted by molar-refractivity contribution is 9.14. The van der Waals surface area contributed by atoms with Gasteiger partial charge in [-0.15, -0.1) is 0 Å². The number of phenols is 1. The molecule has 0 aliphatic carbocycles. The maximum Gasteiger partial charge on any atom is 0.150 e. The number of benzene rings is 2. The Hall–Kier alpha value is -0.300. The second-order valence-corrected chi connectivity index (χ2v) is 8.90. The fourth-order valence-electron chi connectivity index (χ4n) is 2.45. The van der Waals surface area contributed by atoms with Crippen LogP contribution in [0.2, 0.25) is 0 Å². The van der Waals surface area contributed by atoms with E-state index < -0.39 is 0 Å². The van der Waals surface area contributed by atoms with Gasteiger partial charge >= 0.3 is 0 Å². The van der Waals surface area contributed by atoms with E-state index in [1.165, 1.54) is 0 Å². The lowest BCUT2D eigenvalue weighted by Crippen LogP contribution is -2.21. The number of halogens is 4. The van der Waals surface area contributed by atoms with Gasteiger partial charge < -0.3 is 9.84 Å². The first-order valence-electron chi connectivity index (χ1n) is 7.11. The van der Waals surface area contributed by atoms with Crippen LogP contribution in [0.5, 0.6) is 11.5 Å². The fourth-order valence-corrected chi connectivity index (χ4v) is 5.75. The Bertz CT molecular complexity index is 739. The van der Waals surface area contributed by atoms with Crippen molar-refractivity contribution in [1.82, 2.24) is 0 Å². The second kappa shape index (κ2) is 7.94. The molecular weight excluding hydrogens is 568 g/mol. The Balaban J connectivity index is 2.66. The number of ether oxygens (including phenoxy) is 1. The van der Waals surface area contributed by atoms with Crippen molar-refractivity contribution in [2.24, 2.45) is 0 Å². The van der Waals surface area contributed by atoms with Crippen molar-refractivity contribution in [3.63, 3.8) is 0 Å². The van der Waals surface area contributed by atoms with Crippen LogP contribution >= 0.6 is 63.7 Å². The molecule has 0 bridgehead atoms. The molecule has 0 spiro atoms. The van der Waals surface area contributed by atoms with E-state index in [9.17, 15) is 5.11 Å². The van der Waals surface area contributed by atoms with E-state index in [4.69, 9.17) is 4.74 Å². The van der Waals surface area contributed by atoms with Gasteiger partial charge in [0.2, 0.25) is 0 Å². The van der Waals surface area contributed by atoms with Crippen LogP contribution in [0.1, 0.15) is 25.0 Å². The average molecular weight is 584 g/mol. The number of hydrogen-bond donors (Lipinski definition) is 1. The molecule has 0 aliphatic heterocycles. The molecule has 0 fully saturated rings. The van der Waals surface area contributed by atoms with Gasteiger partial charge in [0.15, 0.2) is 0 Å². The summed E-state index contributed by atoms with van der Waals surface area (Å²) in [7, 11) is 0. The summed E-state index contributed by atoms with van der Waals surface area (Å²) in [4.78, 5) is 0. The molecule has 2 aromatic carbocycles. The minimum Gasteiger partial charge on any atom is -0.508 e. The molecule has 0 heterocycles. The monoisotopic (exact) mass is 580 g/mol. The van der Waals surface area contributed by atoms with Crippen molar-refractivity contribution in [3.8, 4) is 11.5 Å². The SMILES string of the molecule is C=CCOc1c(Br)c(Br)c(C(C)(C)c2ccc(O)cc2)c(Br)c1Br. The Labute approximate surface area is 175 Å². The highest BCUT2D eigenvalue weighted by Gasteiger charge is 2.32. The zero-order chi connectivity index (χ0) is 18.1. The van der Waals surface area contributed by atoms with Crippen molar-refractivity contribution in [2.45, 2.75) is 19.3 Å². The third kappa shape index (κ3) is 3.76. The molecule has 2 rings (SSSR count). The van der Waals surface area contributed by atoms with E-state index in [0.717, 1.165) is 29.0 Å². The second-order valence-electron chi connectivity index (χ2n) is 5.73. The summed E-state index contributed by atoms with van der Waals surface area (Å²) < 4.78 is 9.26. The topological polar surface area (TPSA) is 29.5 Å². The predicted molar refractivity (Wildman–Crippen MR) is 113 cm³/mol. The van der Waals surface area contributed by atoms with Gasteiger partial charge in [0, 0.05) is 14.4 Å². The first-order valence-corrected chi connectivity index (χ1v) is 10.3. The lowest BCUT2D eigenvalue weighted by Gasteiger charge is -2.30.